The third kappa shape index (κ3) is 13.0. The normalized spacial score (nSPS) is 13.8. The fourth-order valence-electron chi connectivity index (χ4n) is 1.59. The van der Waals surface area contributed by atoms with E-state index < -0.39 is 6.68 Å². The molecule has 1 heterocycles. The predicted molar refractivity (Wildman–Crippen MR) is 65.7 cm³/mol. The van der Waals surface area contributed by atoms with Gasteiger partial charge in [-0.1, -0.05) is 44.8 Å². The molecule has 0 fully saturated rings. The van der Waals surface area contributed by atoms with Crippen LogP contribution in [-0.4, -0.2) is 24.7 Å². The van der Waals surface area contributed by atoms with Crippen LogP contribution in [0.3, 0.4) is 0 Å². The summed E-state index contributed by atoms with van der Waals surface area (Å²) in [5, 5.41) is 0. The van der Waals surface area contributed by atoms with Crippen molar-refractivity contribution in [3.8, 4) is 0 Å². The molecule has 0 aliphatic carbocycles. The number of allylic oxidation sites excluding steroid dienone is 2. The molecular formula is C13H22F3N. The van der Waals surface area contributed by atoms with Gasteiger partial charge in [-0.2, -0.15) is 13.2 Å². The van der Waals surface area contributed by atoms with Crippen molar-refractivity contribution in [2.75, 3.05) is 13.1 Å². The van der Waals surface area contributed by atoms with Crippen molar-refractivity contribution >= 4 is 0 Å². The number of hydrogen-bond donors (Lipinski definition) is 0. The largest absolute Gasteiger partial charge is 0.379 e. The van der Waals surface area contributed by atoms with Gasteiger partial charge in [-0.3, -0.25) is 0 Å². The average molecular weight is 249 g/mol. The predicted octanol–water partition coefficient (Wildman–Crippen LogP) is 4.52. The van der Waals surface area contributed by atoms with Gasteiger partial charge in [0.25, 0.3) is 0 Å². The molecule has 17 heavy (non-hydrogen) atoms. The summed E-state index contributed by atoms with van der Waals surface area (Å²) in [6, 6.07) is 0. The number of nitrogens with zero attached hydrogens (tertiary/aromatic N) is 1. The molecule has 0 aromatic heterocycles. The SMILES string of the molecule is CCCCCCCN1C=CC=CC1.FC(F)F. The van der Waals surface area contributed by atoms with Gasteiger partial charge in [0.05, 0.1) is 0 Å². The highest BCUT2D eigenvalue weighted by molar-refractivity contribution is 5.08. The fourth-order valence-corrected chi connectivity index (χ4v) is 1.59. The van der Waals surface area contributed by atoms with E-state index in [0.717, 1.165) is 6.54 Å². The molecule has 1 aliphatic rings. The first-order chi connectivity index (χ1) is 8.16. The van der Waals surface area contributed by atoms with Crippen LogP contribution in [0.15, 0.2) is 24.4 Å². The summed E-state index contributed by atoms with van der Waals surface area (Å²) in [5.41, 5.74) is 0. The maximum atomic E-state index is 9.67. The van der Waals surface area contributed by atoms with Crippen LogP contribution in [0, 0.1) is 0 Å². The Balaban J connectivity index is 0.000000557. The summed E-state index contributed by atoms with van der Waals surface area (Å²) in [6.45, 7) is 0.924. The first kappa shape index (κ1) is 16.1. The Morgan fingerprint density at radius 3 is 2.24 bits per heavy atom. The van der Waals surface area contributed by atoms with Crippen LogP contribution in [0.2, 0.25) is 0 Å². The molecule has 0 atom stereocenters. The molecule has 0 spiro atoms. The van der Waals surface area contributed by atoms with Gasteiger partial charge in [0.1, 0.15) is 0 Å². The van der Waals surface area contributed by atoms with Crippen LogP contribution in [-0.2, 0) is 0 Å². The monoisotopic (exact) mass is 249 g/mol. The zero-order chi connectivity index (χ0) is 12.9. The molecule has 1 aliphatic heterocycles. The zero-order valence-electron chi connectivity index (χ0n) is 10.4. The topological polar surface area (TPSA) is 3.24 Å². The van der Waals surface area contributed by atoms with E-state index in [-0.39, 0.29) is 0 Å². The summed E-state index contributed by atoms with van der Waals surface area (Å²) in [7, 11) is 0. The molecule has 0 unspecified atom stereocenters. The van der Waals surface area contributed by atoms with Gasteiger partial charge in [-0.15, -0.1) is 0 Å². The molecule has 100 valence electrons. The summed E-state index contributed by atoms with van der Waals surface area (Å²) in [6.07, 6.45) is 15.5. The number of rotatable bonds is 6. The minimum Gasteiger partial charge on any atom is -0.374 e. The molecule has 0 N–H and O–H groups in total. The molecule has 0 radical (unpaired) electrons. The van der Waals surface area contributed by atoms with Crippen LogP contribution in [0.25, 0.3) is 0 Å². The molecule has 1 nitrogen and oxygen atoms in total. The average Bonchev–Trinajstić information content (AvgIpc) is 2.29. The van der Waals surface area contributed by atoms with Gasteiger partial charge < -0.3 is 4.90 Å². The lowest BCUT2D eigenvalue weighted by Gasteiger charge is -2.20. The lowest BCUT2D eigenvalue weighted by atomic mass is 10.1. The molecule has 4 heteroatoms. The Hall–Kier alpha value is -0.930. The van der Waals surface area contributed by atoms with Crippen molar-refractivity contribution in [1.29, 1.82) is 0 Å². The Morgan fingerprint density at radius 1 is 1.06 bits per heavy atom. The van der Waals surface area contributed by atoms with E-state index >= 15 is 0 Å². The van der Waals surface area contributed by atoms with E-state index in [0.29, 0.717) is 0 Å². The van der Waals surface area contributed by atoms with Gasteiger partial charge in [0.2, 0.25) is 0 Å². The Kier molecular flexibility index (Phi) is 10.9. The highest BCUT2D eigenvalue weighted by atomic mass is 19.4. The van der Waals surface area contributed by atoms with Gasteiger partial charge in [-0.25, -0.2) is 0 Å². The van der Waals surface area contributed by atoms with Gasteiger partial charge >= 0.3 is 6.68 Å². The second-order valence-electron chi connectivity index (χ2n) is 3.93. The first-order valence-electron chi connectivity index (χ1n) is 6.16. The number of halogens is 3. The molecule has 1 rings (SSSR count). The van der Waals surface area contributed by atoms with Crippen molar-refractivity contribution in [3.05, 3.63) is 24.4 Å². The van der Waals surface area contributed by atoms with Crippen molar-refractivity contribution in [3.63, 3.8) is 0 Å². The molecule has 0 saturated carbocycles. The number of hydrogen-bond acceptors (Lipinski definition) is 1. The van der Waals surface area contributed by atoms with Crippen LogP contribution in [0.5, 0.6) is 0 Å². The quantitative estimate of drug-likeness (QED) is 0.625. The van der Waals surface area contributed by atoms with Crippen molar-refractivity contribution in [2.24, 2.45) is 0 Å². The van der Waals surface area contributed by atoms with Crippen LogP contribution in [0.1, 0.15) is 39.0 Å². The third-order valence-electron chi connectivity index (χ3n) is 2.43. The van der Waals surface area contributed by atoms with E-state index in [4.69, 9.17) is 0 Å². The highest BCUT2D eigenvalue weighted by Gasteiger charge is 1.98. The van der Waals surface area contributed by atoms with Crippen LogP contribution >= 0.6 is 0 Å². The van der Waals surface area contributed by atoms with Crippen molar-refractivity contribution < 1.29 is 13.2 Å². The Bertz CT molecular complexity index is 212. The van der Waals surface area contributed by atoms with Crippen LogP contribution < -0.4 is 0 Å². The Morgan fingerprint density at radius 2 is 1.71 bits per heavy atom. The third-order valence-corrected chi connectivity index (χ3v) is 2.43. The summed E-state index contributed by atoms with van der Waals surface area (Å²) in [4.78, 5) is 2.38. The van der Waals surface area contributed by atoms with Gasteiger partial charge in [0, 0.05) is 13.1 Å². The molecule has 0 aromatic rings. The lowest BCUT2D eigenvalue weighted by Crippen LogP contribution is -2.19. The lowest BCUT2D eigenvalue weighted by molar-refractivity contribution is 0.00819. The first-order valence-corrected chi connectivity index (χ1v) is 6.16. The number of alkyl halides is 3. The van der Waals surface area contributed by atoms with E-state index in [9.17, 15) is 13.2 Å². The molecule has 0 saturated heterocycles. The second-order valence-corrected chi connectivity index (χ2v) is 3.93. The van der Waals surface area contributed by atoms with E-state index in [1.165, 1.54) is 38.6 Å². The summed E-state index contributed by atoms with van der Waals surface area (Å²) >= 11 is 0. The van der Waals surface area contributed by atoms with Gasteiger partial charge in [0.15, 0.2) is 0 Å². The molecular weight excluding hydrogens is 227 g/mol. The highest BCUT2D eigenvalue weighted by Crippen LogP contribution is 2.05. The standard InChI is InChI=1S/C12H21N.CHF3/c1-2-3-4-5-7-10-13-11-8-6-9-12-13;2-1(3)4/h6,8-9,11H,2-5,7,10,12H2,1H3;1H. The smallest absolute Gasteiger partial charge is 0.374 e. The fraction of sp³-hybridized carbons (Fsp3) is 0.692. The summed E-state index contributed by atoms with van der Waals surface area (Å²) in [5.74, 6) is 0. The van der Waals surface area contributed by atoms with Gasteiger partial charge in [-0.05, 0) is 18.7 Å². The zero-order valence-corrected chi connectivity index (χ0v) is 10.4. The number of unbranched alkanes of at least 4 members (excludes halogenated alkanes) is 4. The molecule has 0 bridgehead atoms. The van der Waals surface area contributed by atoms with E-state index in [1.54, 1.807) is 0 Å². The Labute approximate surface area is 102 Å². The minimum atomic E-state index is -3.67. The van der Waals surface area contributed by atoms with Crippen LogP contribution in [0.4, 0.5) is 13.2 Å². The van der Waals surface area contributed by atoms with E-state index in [2.05, 4.69) is 36.3 Å². The second kappa shape index (κ2) is 11.6. The van der Waals surface area contributed by atoms with E-state index in [1.807, 2.05) is 0 Å². The van der Waals surface area contributed by atoms with Crippen molar-refractivity contribution in [2.45, 2.75) is 45.7 Å². The molecule has 0 amide bonds. The summed E-state index contributed by atoms with van der Waals surface area (Å²) < 4.78 is 29.0. The maximum absolute atomic E-state index is 9.67. The minimum absolute atomic E-state index is 1.10. The van der Waals surface area contributed by atoms with Crippen molar-refractivity contribution in [1.82, 2.24) is 4.90 Å². The molecule has 0 aromatic carbocycles. The maximum Gasteiger partial charge on any atom is 0.379 e.